The van der Waals surface area contributed by atoms with Crippen molar-refractivity contribution >= 4 is 10.0 Å². The van der Waals surface area contributed by atoms with E-state index >= 15 is 0 Å². The summed E-state index contributed by atoms with van der Waals surface area (Å²) in [5.74, 6) is 0. The zero-order chi connectivity index (χ0) is 14.2. The fourth-order valence-corrected chi connectivity index (χ4v) is 4.25. The number of allylic oxidation sites excluding steroid dienone is 1. The Bertz CT molecular complexity index is 613. The quantitative estimate of drug-likeness (QED) is 0.802. The van der Waals surface area contributed by atoms with Crippen molar-refractivity contribution in [1.82, 2.24) is 4.31 Å². The molecule has 1 aromatic carbocycles. The lowest BCUT2D eigenvalue weighted by molar-refractivity contribution is 0.386. The first-order chi connectivity index (χ1) is 9.61. The largest absolute Gasteiger partial charge is 0.243 e. The van der Waals surface area contributed by atoms with Gasteiger partial charge in [0.2, 0.25) is 10.0 Å². The van der Waals surface area contributed by atoms with E-state index in [4.69, 9.17) is 0 Å². The van der Waals surface area contributed by atoms with Crippen molar-refractivity contribution in [2.45, 2.75) is 43.9 Å². The third kappa shape index (κ3) is 2.67. The molecule has 3 rings (SSSR count). The smallest absolute Gasteiger partial charge is 0.207 e. The van der Waals surface area contributed by atoms with Gasteiger partial charge in [0.05, 0.1) is 4.90 Å². The second kappa shape index (κ2) is 5.34. The average Bonchev–Trinajstić information content (AvgIpc) is 3.32. The van der Waals surface area contributed by atoms with Crippen LogP contribution in [0.4, 0.5) is 0 Å². The van der Waals surface area contributed by atoms with E-state index in [0.29, 0.717) is 18.0 Å². The van der Waals surface area contributed by atoms with E-state index in [2.05, 4.69) is 6.92 Å². The standard InChI is InChI=1S/C16H21NO2S/c1-2-13-3-7-16(8-4-13)20(18,19)17-11-9-15(10-12-17)14-5-6-14/h3-4,7-8H,2,5-6,9-12H2,1H3. The molecule has 0 atom stereocenters. The van der Waals surface area contributed by atoms with E-state index in [0.717, 1.165) is 19.3 Å². The number of aryl methyl sites for hydroxylation is 1. The first-order valence-corrected chi connectivity index (χ1v) is 8.84. The Balaban J connectivity index is 1.76. The summed E-state index contributed by atoms with van der Waals surface area (Å²) in [4.78, 5) is 0.428. The molecule has 3 nitrogen and oxygen atoms in total. The second-order valence-corrected chi connectivity index (χ2v) is 7.55. The molecule has 4 heteroatoms. The minimum Gasteiger partial charge on any atom is -0.207 e. The van der Waals surface area contributed by atoms with Crippen LogP contribution < -0.4 is 0 Å². The molecule has 108 valence electrons. The Morgan fingerprint density at radius 3 is 2.00 bits per heavy atom. The van der Waals surface area contributed by atoms with Crippen LogP contribution in [0, 0.1) is 0 Å². The predicted molar refractivity (Wildman–Crippen MR) is 80.1 cm³/mol. The van der Waals surface area contributed by atoms with Gasteiger partial charge in [-0.2, -0.15) is 4.31 Å². The van der Waals surface area contributed by atoms with Crippen molar-refractivity contribution in [2.75, 3.05) is 13.1 Å². The molecular weight excluding hydrogens is 270 g/mol. The number of hydrogen-bond donors (Lipinski definition) is 0. The van der Waals surface area contributed by atoms with Crippen LogP contribution in [-0.2, 0) is 16.4 Å². The van der Waals surface area contributed by atoms with E-state index in [9.17, 15) is 8.42 Å². The van der Waals surface area contributed by atoms with Gasteiger partial charge >= 0.3 is 0 Å². The van der Waals surface area contributed by atoms with Gasteiger partial charge in [-0.3, -0.25) is 0 Å². The van der Waals surface area contributed by atoms with Crippen LogP contribution in [0.25, 0.3) is 0 Å². The van der Waals surface area contributed by atoms with Crippen LogP contribution in [0.15, 0.2) is 40.3 Å². The maximum atomic E-state index is 12.6. The van der Waals surface area contributed by atoms with Crippen molar-refractivity contribution in [3.8, 4) is 0 Å². The van der Waals surface area contributed by atoms with E-state index < -0.39 is 10.0 Å². The molecule has 0 amide bonds. The first-order valence-electron chi connectivity index (χ1n) is 7.40. The Morgan fingerprint density at radius 2 is 1.50 bits per heavy atom. The van der Waals surface area contributed by atoms with Crippen LogP contribution in [0.5, 0.6) is 0 Å². The van der Waals surface area contributed by atoms with Crippen molar-refractivity contribution < 1.29 is 8.42 Å². The molecule has 0 unspecified atom stereocenters. The van der Waals surface area contributed by atoms with Gasteiger partial charge < -0.3 is 0 Å². The lowest BCUT2D eigenvalue weighted by Crippen LogP contribution is -2.36. The summed E-state index contributed by atoms with van der Waals surface area (Å²) in [6.07, 6.45) is 5.24. The number of benzene rings is 1. The van der Waals surface area contributed by atoms with Crippen molar-refractivity contribution in [3.63, 3.8) is 0 Å². The number of nitrogens with zero attached hydrogens (tertiary/aromatic N) is 1. The molecule has 0 radical (unpaired) electrons. The molecule has 1 aromatic rings. The zero-order valence-electron chi connectivity index (χ0n) is 11.9. The molecule has 1 heterocycles. The topological polar surface area (TPSA) is 37.4 Å². The van der Waals surface area contributed by atoms with E-state index in [1.807, 2.05) is 12.1 Å². The summed E-state index contributed by atoms with van der Waals surface area (Å²) in [6, 6.07) is 7.30. The van der Waals surface area contributed by atoms with Gasteiger partial charge in [-0.15, -0.1) is 0 Å². The van der Waals surface area contributed by atoms with E-state index in [-0.39, 0.29) is 0 Å². The number of piperidine rings is 1. The van der Waals surface area contributed by atoms with Crippen molar-refractivity contribution in [1.29, 1.82) is 0 Å². The minimum absolute atomic E-state index is 0.428. The predicted octanol–water partition coefficient (Wildman–Crippen LogP) is 3.12. The molecule has 2 aliphatic rings. The van der Waals surface area contributed by atoms with Crippen LogP contribution in [0.2, 0.25) is 0 Å². The maximum absolute atomic E-state index is 12.6. The van der Waals surface area contributed by atoms with Crippen LogP contribution in [0.3, 0.4) is 0 Å². The molecule has 20 heavy (non-hydrogen) atoms. The highest BCUT2D eigenvalue weighted by Crippen LogP contribution is 2.36. The highest BCUT2D eigenvalue weighted by molar-refractivity contribution is 7.89. The molecule has 0 aromatic heterocycles. The normalized spacial score (nSPS) is 20.2. The summed E-state index contributed by atoms with van der Waals surface area (Å²) in [6.45, 7) is 3.34. The molecular formula is C16H21NO2S. The number of hydrogen-bond acceptors (Lipinski definition) is 2. The molecule has 1 aliphatic heterocycles. The van der Waals surface area contributed by atoms with Crippen LogP contribution in [-0.4, -0.2) is 25.8 Å². The highest BCUT2D eigenvalue weighted by Gasteiger charge is 2.29. The summed E-state index contributed by atoms with van der Waals surface area (Å²) in [5, 5.41) is 0. The SMILES string of the molecule is CCc1ccc(S(=O)(=O)N2CCC(=C3CC3)CC2)cc1. The lowest BCUT2D eigenvalue weighted by atomic mass is 10.1. The highest BCUT2D eigenvalue weighted by atomic mass is 32.2. The molecule has 0 bridgehead atoms. The van der Waals surface area contributed by atoms with Gasteiger partial charge in [0.15, 0.2) is 0 Å². The lowest BCUT2D eigenvalue weighted by Gasteiger charge is -2.27. The van der Waals surface area contributed by atoms with Gasteiger partial charge in [-0.25, -0.2) is 8.42 Å². The average molecular weight is 291 g/mol. The third-order valence-corrected chi connectivity index (χ3v) is 6.21. The zero-order valence-corrected chi connectivity index (χ0v) is 12.7. The summed E-state index contributed by atoms with van der Waals surface area (Å²) in [7, 11) is -3.30. The van der Waals surface area contributed by atoms with Gasteiger partial charge in [0, 0.05) is 13.1 Å². The molecule has 1 saturated carbocycles. The summed E-state index contributed by atoms with van der Waals surface area (Å²) >= 11 is 0. The number of rotatable bonds is 3. The Kier molecular flexibility index (Phi) is 3.69. The van der Waals surface area contributed by atoms with Gasteiger partial charge in [0.25, 0.3) is 0 Å². The third-order valence-electron chi connectivity index (χ3n) is 4.30. The van der Waals surface area contributed by atoms with Crippen LogP contribution in [0.1, 0.15) is 38.2 Å². The summed E-state index contributed by atoms with van der Waals surface area (Å²) < 4.78 is 26.8. The Labute approximate surface area is 121 Å². The molecule has 0 spiro atoms. The molecule has 0 N–H and O–H groups in total. The van der Waals surface area contributed by atoms with Gasteiger partial charge in [-0.1, -0.05) is 30.2 Å². The molecule has 1 saturated heterocycles. The number of sulfonamides is 1. The van der Waals surface area contributed by atoms with E-state index in [1.54, 1.807) is 22.0 Å². The Hall–Kier alpha value is -1.13. The van der Waals surface area contributed by atoms with E-state index in [1.165, 1.54) is 24.0 Å². The molecule has 2 fully saturated rings. The summed E-state index contributed by atoms with van der Waals surface area (Å²) in [5.41, 5.74) is 4.26. The molecule has 1 aliphatic carbocycles. The minimum atomic E-state index is -3.30. The maximum Gasteiger partial charge on any atom is 0.243 e. The Morgan fingerprint density at radius 1 is 0.950 bits per heavy atom. The monoisotopic (exact) mass is 291 g/mol. The first kappa shape index (κ1) is 13.8. The van der Waals surface area contributed by atoms with Crippen LogP contribution >= 0.6 is 0 Å². The van der Waals surface area contributed by atoms with Crippen molar-refractivity contribution in [2.24, 2.45) is 0 Å². The fraction of sp³-hybridized carbons (Fsp3) is 0.500. The fourth-order valence-electron chi connectivity index (χ4n) is 2.81. The second-order valence-electron chi connectivity index (χ2n) is 5.61. The van der Waals surface area contributed by atoms with Crippen molar-refractivity contribution in [3.05, 3.63) is 41.0 Å². The van der Waals surface area contributed by atoms with Gasteiger partial charge in [0.1, 0.15) is 0 Å². The van der Waals surface area contributed by atoms with Gasteiger partial charge in [-0.05, 0) is 49.8 Å².